The quantitative estimate of drug-likeness (QED) is 0.335. The van der Waals surface area contributed by atoms with E-state index in [-0.39, 0.29) is 16.0 Å². The van der Waals surface area contributed by atoms with Crippen LogP contribution in [0.5, 0.6) is 0 Å². The zero-order chi connectivity index (χ0) is 7.28. The molecule has 50 valence electrons. The smallest absolute Gasteiger partial charge is 0.332 e. The molecule has 3 nitrogen and oxygen atoms in total. The zero-order valence-electron chi connectivity index (χ0n) is 5.18. The van der Waals surface area contributed by atoms with Gasteiger partial charge in [0, 0.05) is 5.57 Å². The minimum atomic E-state index is -0.448. The summed E-state index contributed by atoms with van der Waals surface area (Å²) in [7, 11) is -0.341. The van der Waals surface area contributed by atoms with Crippen LogP contribution in [0.4, 0.5) is 0 Å². The van der Waals surface area contributed by atoms with Crippen LogP contribution in [0.1, 0.15) is 6.92 Å². The van der Waals surface area contributed by atoms with Crippen molar-refractivity contribution in [1.29, 1.82) is 0 Å². The number of carbonyl (C=O) groups is 1. The summed E-state index contributed by atoms with van der Waals surface area (Å²) in [6, 6.07) is 0. The summed E-state index contributed by atoms with van der Waals surface area (Å²) in [5.74, 6) is -0.448. The van der Waals surface area contributed by atoms with E-state index in [1.54, 1.807) is 6.92 Å². The lowest BCUT2D eigenvalue weighted by molar-refractivity contribution is -0.137. The molecule has 0 aliphatic rings. The van der Waals surface area contributed by atoms with Crippen molar-refractivity contribution >= 4 is 15.7 Å². The van der Waals surface area contributed by atoms with Gasteiger partial charge in [-0.15, -0.1) is 0 Å². The third-order valence-corrected chi connectivity index (χ3v) is 0.890. The molecule has 0 atom stereocenters. The number of rotatable bonds is 3. The van der Waals surface area contributed by atoms with Crippen molar-refractivity contribution in [2.24, 2.45) is 0 Å². The van der Waals surface area contributed by atoms with Crippen LogP contribution in [0.3, 0.4) is 0 Å². The van der Waals surface area contributed by atoms with Gasteiger partial charge in [-0.1, -0.05) is 6.58 Å². The van der Waals surface area contributed by atoms with Crippen molar-refractivity contribution in [2.45, 2.75) is 6.92 Å². The molecule has 1 N–H and O–H groups in total. The number of hydrogen-bond donors (Lipinski definition) is 1. The lowest BCUT2D eigenvalue weighted by atomic mass is 10.4. The lowest BCUT2D eigenvalue weighted by Crippen LogP contribution is -2.10. The van der Waals surface area contributed by atoms with Crippen LogP contribution >= 0.6 is 0 Å². The Morgan fingerprint density at radius 2 is 2.44 bits per heavy atom. The van der Waals surface area contributed by atoms with Crippen LogP contribution in [-0.2, 0) is 9.53 Å². The second-order valence-electron chi connectivity index (χ2n) is 1.51. The summed E-state index contributed by atoms with van der Waals surface area (Å²) < 4.78 is 4.48. The van der Waals surface area contributed by atoms with E-state index in [9.17, 15) is 4.79 Å². The highest BCUT2D eigenvalue weighted by Gasteiger charge is 2.00. The molecule has 0 saturated heterocycles. The fraction of sp³-hybridized carbons (Fsp3) is 0.400. The van der Waals surface area contributed by atoms with Crippen molar-refractivity contribution in [3.63, 3.8) is 0 Å². The molecular formula is C5H8O3Si. The standard InChI is InChI=1S/C5H8O3Si/c1-4(2)5(6)8-3-9-7/h7H,1,3H2,2H3. The number of hydrogen-bond acceptors (Lipinski definition) is 3. The van der Waals surface area contributed by atoms with Gasteiger partial charge >= 0.3 is 5.97 Å². The van der Waals surface area contributed by atoms with Crippen molar-refractivity contribution in [3.05, 3.63) is 12.2 Å². The fourth-order valence-corrected chi connectivity index (χ4v) is 0.417. The lowest BCUT2D eigenvalue weighted by Gasteiger charge is -1.98. The number of esters is 1. The van der Waals surface area contributed by atoms with E-state index in [4.69, 9.17) is 4.80 Å². The molecule has 0 amide bonds. The summed E-state index contributed by atoms with van der Waals surface area (Å²) in [5, 5.41) is 0. The molecule has 9 heavy (non-hydrogen) atoms. The highest BCUT2D eigenvalue weighted by atomic mass is 28.2. The summed E-state index contributed by atoms with van der Waals surface area (Å²) in [6.07, 6.45) is 0.0751. The first-order valence-corrected chi connectivity index (χ1v) is 3.53. The van der Waals surface area contributed by atoms with Crippen molar-refractivity contribution in [3.8, 4) is 0 Å². The van der Waals surface area contributed by atoms with E-state index in [1.165, 1.54) is 0 Å². The largest absolute Gasteiger partial charge is 0.464 e. The second-order valence-corrected chi connectivity index (χ2v) is 2.12. The molecule has 0 spiro atoms. The Morgan fingerprint density at radius 1 is 1.89 bits per heavy atom. The van der Waals surface area contributed by atoms with E-state index in [0.29, 0.717) is 5.57 Å². The molecule has 0 aliphatic carbocycles. The first-order valence-electron chi connectivity index (χ1n) is 2.38. The van der Waals surface area contributed by atoms with Crippen molar-refractivity contribution in [2.75, 3.05) is 6.23 Å². The summed E-state index contributed by atoms with van der Waals surface area (Å²) in [6.45, 7) is 4.91. The van der Waals surface area contributed by atoms with Gasteiger partial charge in [0.15, 0.2) is 0 Å². The SMILES string of the molecule is C=C(C)C(=O)OC[Si]O. The Balaban J connectivity index is 3.39. The molecule has 0 aliphatic heterocycles. The third kappa shape index (κ3) is 3.93. The zero-order valence-corrected chi connectivity index (χ0v) is 6.18. The Labute approximate surface area is 56.3 Å². The molecule has 0 bridgehead atoms. The Kier molecular flexibility index (Phi) is 3.99. The predicted octanol–water partition coefficient (Wildman–Crippen LogP) is -0.325. The number of carbonyl (C=O) groups excluding carboxylic acids is 1. The van der Waals surface area contributed by atoms with Crippen molar-refractivity contribution in [1.82, 2.24) is 0 Å². The first-order chi connectivity index (χ1) is 4.18. The molecule has 0 fully saturated rings. The van der Waals surface area contributed by atoms with Gasteiger partial charge in [-0.05, 0) is 6.92 Å². The summed E-state index contributed by atoms with van der Waals surface area (Å²) in [5.41, 5.74) is 0.355. The van der Waals surface area contributed by atoms with Crippen LogP contribution in [0, 0.1) is 0 Å². The average molecular weight is 144 g/mol. The molecule has 0 saturated carbocycles. The van der Waals surface area contributed by atoms with Gasteiger partial charge in [-0.25, -0.2) is 4.79 Å². The highest BCUT2D eigenvalue weighted by Crippen LogP contribution is 1.89. The molecule has 0 heterocycles. The van der Waals surface area contributed by atoms with Crippen LogP contribution in [-0.4, -0.2) is 26.8 Å². The average Bonchev–Trinajstić information content (AvgIpc) is 1.82. The minimum Gasteiger partial charge on any atom is -0.464 e. The number of ether oxygens (including phenoxy) is 1. The van der Waals surface area contributed by atoms with Gasteiger partial charge in [0.05, 0.1) is 0 Å². The molecule has 2 radical (unpaired) electrons. The molecular weight excluding hydrogens is 136 g/mol. The van der Waals surface area contributed by atoms with E-state index >= 15 is 0 Å². The van der Waals surface area contributed by atoms with E-state index in [0.717, 1.165) is 0 Å². The van der Waals surface area contributed by atoms with E-state index in [2.05, 4.69) is 11.3 Å². The van der Waals surface area contributed by atoms with Crippen LogP contribution < -0.4 is 0 Å². The van der Waals surface area contributed by atoms with Gasteiger partial charge in [0.25, 0.3) is 9.76 Å². The normalized spacial score (nSPS) is 8.67. The molecule has 4 heteroatoms. The summed E-state index contributed by atoms with van der Waals surface area (Å²) in [4.78, 5) is 18.7. The van der Waals surface area contributed by atoms with E-state index in [1.807, 2.05) is 0 Å². The Morgan fingerprint density at radius 3 is 2.78 bits per heavy atom. The Hall–Kier alpha value is -0.613. The monoisotopic (exact) mass is 144 g/mol. The molecule has 0 aromatic heterocycles. The van der Waals surface area contributed by atoms with Crippen LogP contribution in [0.2, 0.25) is 0 Å². The maximum absolute atomic E-state index is 10.5. The van der Waals surface area contributed by atoms with Gasteiger partial charge in [0.2, 0.25) is 0 Å². The van der Waals surface area contributed by atoms with Crippen LogP contribution in [0.15, 0.2) is 12.2 Å². The summed E-state index contributed by atoms with van der Waals surface area (Å²) >= 11 is 0. The molecule has 0 unspecified atom stereocenters. The van der Waals surface area contributed by atoms with Crippen LogP contribution in [0.25, 0.3) is 0 Å². The molecule has 0 aromatic carbocycles. The highest BCUT2D eigenvalue weighted by molar-refractivity contribution is 6.25. The van der Waals surface area contributed by atoms with Gasteiger partial charge in [0.1, 0.15) is 6.23 Å². The minimum absolute atomic E-state index is 0.0751. The Bertz CT molecular complexity index is 121. The first kappa shape index (κ1) is 8.39. The van der Waals surface area contributed by atoms with E-state index < -0.39 is 5.97 Å². The third-order valence-electron chi connectivity index (χ3n) is 0.616. The fourth-order valence-electron chi connectivity index (χ4n) is 0.221. The van der Waals surface area contributed by atoms with Gasteiger partial charge in [-0.2, -0.15) is 0 Å². The maximum Gasteiger partial charge on any atom is 0.332 e. The van der Waals surface area contributed by atoms with Gasteiger partial charge < -0.3 is 9.53 Å². The van der Waals surface area contributed by atoms with Crippen molar-refractivity contribution < 1.29 is 14.3 Å². The molecule has 0 rings (SSSR count). The molecule has 0 aromatic rings. The maximum atomic E-state index is 10.5. The topological polar surface area (TPSA) is 46.5 Å². The van der Waals surface area contributed by atoms with Gasteiger partial charge in [-0.3, -0.25) is 0 Å². The second kappa shape index (κ2) is 4.28. The predicted molar refractivity (Wildman–Crippen MR) is 33.7 cm³/mol.